The van der Waals surface area contributed by atoms with Crippen molar-refractivity contribution in [3.8, 4) is 11.5 Å². The van der Waals surface area contributed by atoms with Crippen LogP contribution in [0.2, 0.25) is 10.0 Å². The van der Waals surface area contributed by atoms with Gasteiger partial charge in [-0.3, -0.25) is 4.98 Å². The molecule has 0 aliphatic rings. The van der Waals surface area contributed by atoms with Gasteiger partial charge in [-0.25, -0.2) is 0 Å². The molecule has 1 aromatic heterocycles. The van der Waals surface area contributed by atoms with Crippen molar-refractivity contribution in [3.05, 3.63) is 52.3 Å². The molecule has 1 aromatic carbocycles. The van der Waals surface area contributed by atoms with Gasteiger partial charge < -0.3 is 10.1 Å². The SMILES string of the molecule is CC(C)(C)NCc1ccncc1Oc1cc(Cl)cc(Cl)c1. The number of benzene rings is 1. The van der Waals surface area contributed by atoms with Crippen LogP contribution in [-0.2, 0) is 6.54 Å². The third-order valence-corrected chi connectivity index (χ3v) is 3.18. The minimum Gasteiger partial charge on any atom is -0.455 e. The molecule has 0 unspecified atom stereocenters. The zero-order chi connectivity index (χ0) is 15.5. The molecule has 0 fully saturated rings. The Kier molecular flexibility index (Phi) is 5.09. The maximum Gasteiger partial charge on any atom is 0.150 e. The lowest BCUT2D eigenvalue weighted by Crippen LogP contribution is -2.35. The highest BCUT2D eigenvalue weighted by molar-refractivity contribution is 6.34. The van der Waals surface area contributed by atoms with Crippen molar-refractivity contribution in [2.75, 3.05) is 0 Å². The number of hydrogen-bond acceptors (Lipinski definition) is 3. The Balaban J connectivity index is 2.20. The molecule has 0 spiro atoms. The molecule has 0 bridgehead atoms. The molecule has 0 saturated heterocycles. The van der Waals surface area contributed by atoms with E-state index >= 15 is 0 Å². The molecule has 0 saturated carbocycles. The molecule has 0 radical (unpaired) electrons. The van der Waals surface area contributed by atoms with E-state index < -0.39 is 0 Å². The fraction of sp³-hybridized carbons (Fsp3) is 0.312. The highest BCUT2D eigenvalue weighted by atomic mass is 35.5. The van der Waals surface area contributed by atoms with E-state index in [9.17, 15) is 0 Å². The first-order valence-corrected chi connectivity index (χ1v) is 7.41. The zero-order valence-corrected chi connectivity index (χ0v) is 13.8. The summed E-state index contributed by atoms with van der Waals surface area (Å²) in [6, 6.07) is 7.05. The van der Waals surface area contributed by atoms with Gasteiger partial charge in [0.2, 0.25) is 0 Å². The lowest BCUT2D eigenvalue weighted by molar-refractivity contribution is 0.413. The van der Waals surface area contributed by atoms with Crippen LogP contribution in [0.4, 0.5) is 0 Å². The fourth-order valence-electron chi connectivity index (χ4n) is 1.72. The van der Waals surface area contributed by atoms with Crippen molar-refractivity contribution < 1.29 is 4.74 Å². The minimum absolute atomic E-state index is 0.0277. The number of rotatable bonds is 4. The molecule has 0 amide bonds. The molecule has 112 valence electrons. The molecular weight excluding hydrogens is 307 g/mol. The van der Waals surface area contributed by atoms with Gasteiger partial charge in [-0.05, 0) is 45.0 Å². The second kappa shape index (κ2) is 6.65. The van der Waals surface area contributed by atoms with Crippen LogP contribution in [0.1, 0.15) is 26.3 Å². The maximum absolute atomic E-state index is 5.98. The summed E-state index contributed by atoms with van der Waals surface area (Å²) in [4.78, 5) is 4.11. The molecule has 2 aromatic rings. The number of aromatic nitrogens is 1. The first-order valence-electron chi connectivity index (χ1n) is 6.65. The Morgan fingerprint density at radius 2 is 1.81 bits per heavy atom. The predicted octanol–water partition coefficient (Wildman–Crippen LogP) is 5.07. The highest BCUT2D eigenvalue weighted by Gasteiger charge is 2.12. The predicted molar refractivity (Wildman–Crippen MR) is 87.4 cm³/mol. The molecule has 21 heavy (non-hydrogen) atoms. The third kappa shape index (κ3) is 5.20. The van der Waals surface area contributed by atoms with Gasteiger partial charge in [-0.1, -0.05) is 23.2 Å². The first-order chi connectivity index (χ1) is 9.83. The van der Waals surface area contributed by atoms with Crippen LogP contribution in [0.25, 0.3) is 0 Å². The van der Waals surface area contributed by atoms with Crippen LogP contribution in [0, 0.1) is 0 Å². The summed E-state index contributed by atoms with van der Waals surface area (Å²) in [6.07, 6.45) is 3.44. The molecule has 0 aliphatic carbocycles. The number of halogens is 2. The van der Waals surface area contributed by atoms with Gasteiger partial charge >= 0.3 is 0 Å². The van der Waals surface area contributed by atoms with E-state index in [1.807, 2.05) is 6.07 Å². The molecular formula is C16H18Cl2N2O. The van der Waals surface area contributed by atoms with Crippen LogP contribution in [0.3, 0.4) is 0 Å². The molecule has 3 nitrogen and oxygen atoms in total. The number of hydrogen-bond donors (Lipinski definition) is 1. The van der Waals surface area contributed by atoms with E-state index in [2.05, 4.69) is 31.1 Å². The lowest BCUT2D eigenvalue weighted by atomic mass is 10.1. The van der Waals surface area contributed by atoms with Crippen LogP contribution < -0.4 is 10.1 Å². The number of nitrogens with zero attached hydrogens (tertiary/aromatic N) is 1. The smallest absolute Gasteiger partial charge is 0.150 e. The van der Waals surface area contributed by atoms with Gasteiger partial charge in [0.1, 0.15) is 11.5 Å². The summed E-state index contributed by atoms with van der Waals surface area (Å²) in [6.45, 7) is 7.04. The normalized spacial score (nSPS) is 11.5. The second-order valence-corrected chi connectivity index (χ2v) is 6.67. The second-order valence-electron chi connectivity index (χ2n) is 5.79. The van der Waals surface area contributed by atoms with Gasteiger partial charge in [0.15, 0.2) is 0 Å². The first kappa shape index (κ1) is 16.1. The number of nitrogens with one attached hydrogen (secondary N) is 1. The highest BCUT2D eigenvalue weighted by Crippen LogP contribution is 2.29. The zero-order valence-electron chi connectivity index (χ0n) is 12.3. The molecule has 5 heteroatoms. The largest absolute Gasteiger partial charge is 0.455 e. The van der Waals surface area contributed by atoms with Gasteiger partial charge in [0, 0.05) is 33.9 Å². The standard InChI is InChI=1S/C16H18Cl2N2O/c1-16(2,3)20-9-11-4-5-19-10-15(11)21-14-7-12(17)6-13(18)8-14/h4-8,10,20H,9H2,1-3H3. The van der Waals surface area contributed by atoms with Gasteiger partial charge in [0.05, 0.1) is 6.20 Å². The maximum atomic E-state index is 5.98. The summed E-state index contributed by atoms with van der Waals surface area (Å²) in [5, 5.41) is 4.50. The van der Waals surface area contributed by atoms with E-state index in [1.165, 1.54) is 0 Å². The van der Waals surface area contributed by atoms with Crippen LogP contribution >= 0.6 is 23.2 Å². The van der Waals surface area contributed by atoms with E-state index in [0.717, 1.165) is 5.56 Å². The van der Waals surface area contributed by atoms with Crippen molar-refractivity contribution >= 4 is 23.2 Å². The van der Waals surface area contributed by atoms with Gasteiger partial charge in [-0.15, -0.1) is 0 Å². The molecule has 0 aliphatic heterocycles. The Bertz CT molecular complexity index is 604. The lowest BCUT2D eigenvalue weighted by Gasteiger charge is -2.21. The quantitative estimate of drug-likeness (QED) is 0.852. The minimum atomic E-state index is 0.0277. The van der Waals surface area contributed by atoms with Gasteiger partial charge in [0.25, 0.3) is 0 Å². The Hall–Kier alpha value is -1.29. The molecule has 2 rings (SSSR count). The van der Waals surface area contributed by atoms with E-state index in [4.69, 9.17) is 27.9 Å². The van der Waals surface area contributed by atoms with Crippen molar-refractivity contribution in [1.82, 2.24) is 10.3 Å². The average molecular weight is 325 g/mol. The summed E-state index contributed by atoms with van der Waals surface area (Å²) >= 11 is 12.0. The molecule has 1 N–H and O–H groups in total. The monoisotopic (exact) mass is 324 g/mol. The Labute approximate surface area is 135 Å². The summed E-state index contributed by atoms with van der Waals surface area (Å²) < 4.78 is 5.86. The van der Waals surface area contributed by atoms with Crippen molar-refractivity contribution in [1.29, 1.82) is 0 Å². The summed E-state index contributed by atoms with van der Waals surface area (Å²) in [7, 11) is 0. The third-order valence-electron chi connectivity index (χ3n) is 2.74. The average Bonchev–Trinajstić information content (AvgIpc) is 2.35. The van der Waals surface area contributed by atoms with E-state index in [-0.39, 0.29) is 5.54 Å². The van der Waals surface area contributed by atoms with E-state index in [1.54, 1.807) is 30.6 Å². The van der Waals surface area contributed by atoms with Crippen LogP contribution in [0.15, 0.2) is 36.7 Å². The molecule has 0 atom stereocenters. The molecule has 1 heterocycles. The number of pyridine rings is 1. The van der Waals surface area contributed by atoms with Crippen molar-refractivity contribution in [2.24, 2.45) is 0 Å². The topological polar surface area (TPSA) is 34.2 Å². The summed E-state index contributed by atoms with van der Waals surface area (Å²) in [5.74, 6) is 1.28. The van der Waals surface area contributed by atoms with Crippen LogP contribution in [-0.4, -0.2) is 10.5 Å². The van der Waals surface area contributed by atoms with Crippen molar-refractivity contribution in [2.45, 2.75) is 32.9 Å². The van der Waals surface area contributed by atoms with E-state index in [0.29, 0.717) is 28.1 Å². The Morgan fingerprint density at radius 3 is 2.43 bits per heavy atom. The van der Waals surface area contributed by atoms with Crippen molar-refractivity contribution in [3.63, 3.8) is 0 Å². The summed E-state index contributed by atoms with van der Waals surface area (Å²) in [5.41, 5.74) is 1.05. The number of ether oxygens (including phenoxy) is 1. The Morgan fingerprint density at radius 1 is 1.14 bits per heavy atom. The van der Waals surface area contributed by atoms with Gasteiger partial charge in [-0.2, -0.15) is 0 Å². The fourth-order valence-corrected chi connectivity index (χ4v) is 2.23. The van der Waals surface area contributed by atoms with Crippen LogP contribution in [0.5, 0.6) is 11.5 Å².